The van der Waals surface area contributed by atoms with Crippen LogP contribution in [0.5, 0.6) is 0 Å². The zero-order valence-electron chi connectivity index (χ0n) is 8.98. The van der Waals surface area contributed by atoms with Gasteiger partial charge in [-0.1, -0.05) is 6.07 Å². The summed E-state index contributed by atoms with van der Waals surface area (Å²) in [6.07, 6.45) is 4.48. The van der Waals surface area contributed by atoms with Crippen molar-refractivity contribution in [2.45, 2.75) is 6.54 Å². The molecule has 0 aliphatic rings. The Bertz CT molecular complexity index is 509. The molecule has 0 amide bonds. The molecule has 2 heterocycles. The van der Waals surface area contributed by atoms with Crippen LogP contribution in [0, 0.1) is 5.41 Å². The van der Waals surface area contributed by atoms with Crippen molar-refractivity contribution in [3.05, 3.63) is 42.5 Å². The summed E-state index contributed by atoms with van der Waals surface area (Å²) in [4.78, 5) is 4.05. The molecule has 88 valence electrons. The van der Waals surface area contributed by atoms with E-state index < -0.39 is 0 Å². The summed E-state index contributed by atoms with van der Waals surface area (Å²) in [6.45, 7) is 0.111. The van der Waals surface area contributed by atoms with Gasteiger partial charge in [0.05, 0.1) is 30.3 Å². The third kappa shape index (κ3) is 2.58. The van der Waals surface area contributed by atoms with Gasteiger partial charge in [-0.05, 0) is 12.1 Å². The number of rotatable bonds is 2. The number of hydrogen-bond donors (Lipinski definition) is 3. The van der Waals surface area contributed by atoms with E-state index in [-0.39, 0.29) is 12.5 Å². The summed E-state index contributed by atoms with van der Waals surface area (Å²) in [5.41, 5.74) is 6.56. The van der Waals surface area contributed by atoms with E-state index in [0.29, 0.717) is 11.4 Å². The Morgan fingerprint density at radius 2 is 2.35 bits per heavy atom. The minimum absolute atomic E-state index is 0.111. The first-order chi connectivity index (χ1) is 8.16. The van der Waals surface area contributed by atoms with E-state index >= 15 is 0 Å². The van der Waals surface area contributed by atoms with Crippen LogP contribution in [0.15, 0.2) is 36.8 Å². The Morgan fingerprint density at radius 3 is 2.94 bits per heavy atom. The van der Waals surface area contributed by atoms with Crippen LogP contribution < -0.4 is 5.73 Å². The molecule has 0 aliphatic carbocycles. The number of aromatic nitrogens is 3. The molecule has 7 heteroatoms. The summed E-state index contributed by atoms with van der Waals surface area (Å²) in [6, 6.07) is 5.35. The van der Waals surface area contributed by atoms with Gasteiger partial charge < -0.3 is 5.73 Å². The highest BCUT2D eigenvalue weighted by molar-refractivity contribution is 5.77. The van der Waals surface area contributed by atoms with Crippen molar-refractivity contribution in [2.75, 3.05) is 5.73 Å². The van der Waals surface area contributed by atoms with Gasteiger partial charge in [0.25, 0.3) is 0 Å². The van der Waals surface area contributed by atoms with Crippen LogP contribution >= 0.6 is 0 Å². The fraction of sp³-hybridized carbons (Fsp3) is 0.100. The smallest absolute Gasteiger partial charge is 0.243 e. The lowest BCUT2D eigenvalue weighted by molar-refractivity contribution is -0.0293. The highest BCUT2D eigenvalue weighted by atomic mass is 16.5. The van der Waals surface area contributed by atoms with Crippen molar-refractivity contribution < 1.29 is 5.21 Å². The predicted molar refractivity (Wildman–Crippen MR) is 61.3 cm³/mol. The van der Waals surface area contributed by atoms with Gasteiger partial charge in [-0.25, -0.2) is 9.75 Å². The number of nitrogens with two attached hydrogens (primary N) is 1. The molecule has 0 radical (unpaired) electrons. The van der Waals surface area contributed by atoms with Crippen molar-refractivity contribution >= 4 is 11.6 Å². The second-order valence-electron chi connectivity index (χ2n) is 3.42. The summed E-state index contributed by atoms with van der Waals surface area (Å²) < 4.78 is 1.18. The van der Waals surface area contributed by atoms with Crippen LogP contribution in [0.2, 0.25) is 0 Å². The Kier molecular flexibility index (Phi) is 3.01. The highest BCUT2D eigenvalue weighted by Gasteiger charge is 2.11. The maximum atomic E-state index is 9.70. The fourth-order valence-corrected chi connectivity index (χ4v) is 1.29. The Balaban J connectivity index is 2.06. The van der Waals surface area contributed by atoms with Gasteiger partial charge in [0.1, 0.15) is 0 Å². The number of hydrogen-bond acceptors (Lipinski definition) is 5. The van der Waals surface area contributed by atoms with Gasteiger partial charge >= 0.3 is 0 Å². The Morgan fingerprint density at radius 1 is 1.53 bits per heavy atom. The molecule has 0 saturated carbocycles. The summed E-state index contributed by atoms with van der Waals surface area (Å²) in [5, 5.41) is 22.0. The molecule has 0 fully saturated rings. The Hall–Kier alpha value is -2.41. The lowest BCUT2D eigenvalue weighted by Gasteiger charge is -2.16. The molecular weight excluding hydrogens is 220 g/mol. The van der Waals surface area contributed by atoms with Crippen molar-refractivity contribution in [3.8, 4) is 0 Å². The fourth-order valence-electron chi connectivity index (χ4n) is 1.29. The molecule has 0 bridgehead atoms. The number of nitrogens with one attached hydrogen (secondary N) is 1. The molecule has 0 aromatic carbocycles. The van der Waals surface area contributed by atoms with Crippen LogP contribution in [0.3, 0.4) is 0 Å². The molecule has 17 heavy (non-hydrogen) atoms. The zero-order chi connectivity index (χ0) is 12.3. The van der Waals surface area contributed by atoms with Crippen LogP contribution in [0.25, 0.3) is 0 Å². The second-order valence-corrected chi connectivity index (χ2v) is 3.42. The van der Waals surface area contributed by atoms with Gasteiger partial charge in [-0.15, -0.1) is 0 Å². The van der Waals surface area contributed by atoms with E-state index in [1.807, 2.05) is 6.07 Å². The lowest BCUT2D eigenvalue weighted by Crippen LogP contribution is -2.32. The van der Waals surface area contributed by atoms with Gasteiger partial charge in [-0.3, -0.25) is 15.6 Å². The normalized spacial score (nSPS) is 10.2. The lowest BCUT2D eigenvalue weighted by atomic mass is 10.3. The minimum atomic E-state index is -0.188. The predicted octanol–water partition coefficient (Wildman–Crippen LogP) is 0.535. The van der Waals surface area contributed by atoms with Crippen LogP contribution in [-0.2, 0) is 6.54 Å². The third-order valence-electron chi connectivity index (χ3n) is 2.10. The van der Waals surface area contributed by atoms with Gasteiger partial charge in [0.15, 0.2) is 0 Å². The monoisotopic (exact) mass is 232 g/mol. The maximum absolute atomic E-state index is 9.70. The number of nitrogens with zero attached hydrogens (tertiary/aromatic N) is 4. The van der Waals surface area contributed by atoms with Crippen molar-refractivity contribution in [3.63, 3.8) is 0 Å². The summed E-state index contributed by atoms with van der Waals surface area (Å²) in [7, 11) is 0. The van der Waals surface area contributed by atoms with Gasteiger partial charge in [0.2, 0.25) is 5.96 Å². The average Bonchev–Trinajstić information content (AvgIpc) is 2.76. The topological polar surface area (TPSA) is 104 Å². The van der Waals surface area contributed by atoms with Crippen molar-refractivity contribution in [2.24, 2.45) is 0 Å². The molecule has 2 aromatic heterocycles. The second kappa shape index (κ2) is 4.62. The van der Waals surface area contributed by atoms with E-state index in [9.17, 15) is 5.21 Å². The molecule has 4 N–H and O–H groups in total. The first-order valence-electron chi connectivity index (χ1n) is 4.92. The molecule has 2 aromatic rings. The minimum Gasteiger partial charge on any atom is -0.396 e. The average molecular weight is 232 g/mol. The van der Waals surface area contributed by atoms with E-state index in [2.05, 4.69) is 10.1 Å². The number of nitrogen functional groups attached to an aromatic ring is 1. The molecule has 2 rings (SSSR count). The summed E-state index contributed by atoms with van der Waals surface area (Å²) >= 11 is 0. The Labute approximate surface area is 97.6 Å². The quantitative estimate of drug-likeness (QED) is 0.398. The largest absolute Gasteiger partial charge is 0.396 e. The standard InChI is InChI=1S/C10H12N6O/c11-8-5-14-15(6-8)10(12)16(17)7-9-3-1-2-4-13-9/h1-6,12,17H,7,11H2. The van der Waals surface area contributed by atoms with Crippen LogP contribution in [0.4, 0.5) is 5.69 Å². The first kappa shape index (κ1) is 11.1. The maximum Gasteiger partial charge on any atom is 0.243 e. The SMILES string of the molecule is N=C(N(O)Cc1ccccn1)n1cc(N)cn1. The van der Waals surface area contributed by atoms with Gasteiger partial charge in [0, 0.05) is 6.20 Å². The van der Waals surface area contributed by atoms with E-state index in [1.54, 1.807) is 18.3 Å². The molecule has 0 aliphatic heterocycles. The molecule has 0 spiro atoms. The zero-order valence-corrected chi connectivity index (χ0v) is 8.98. The van der Waals surface area contributed by atoms with E-state index in [1.165, 1.54) is 17.1 Å². The highest BCUT2D eigenvalue weighted by Crippen LogP contribution is 2.02. The summed E-state index contributed by atoms with van der Waals surface area (Å²) in [5.74, 6) is -0.188. The molecule has 0 saturated heterocycles. The molecule has 7 nitrogen and oxygen atoms in total. The first-order valence-corrected chi connectivity index (χ1v) is 4.92. The van der Waals surface area contributed by atoms with Gasteiger partial charge in [-0.2, -0.15) is 5.10 Å². The number of hydroxylamine groups is 2. The molecular formula is C10H12N6O. The number of pyridine rings is 1. The molecule has 0 atom stereocenters. The van der Waals surface area contributed by atoms with E-state index in [0.717, 1.165) is 5.06 Å². The van der Waals surface area contributed by atoms with Crippen LogP contribution in [-0.4, -0.2) is 31.0 Å². The molecule has 0 unspecified atom stereocenters. The third-order valence-corrected chi connectivity index (χ3v) is 2.10. The number of anilines is 1. The van der Waals surface area contributed by atoms with Crippen LogP contribution in [0.1, 0.15) is 5.69 Å². The van der Waals surface area contributed by atoms with E-state index in [4.69, 9.17) is 11.1 Å². The van der Waals surface area contributed by atoms with Crippen molar-refractivity contribution in [1.29, 1.82) is 5.41 Å². The van der Waals surface area contributed by atoms with Crippen molar-refractivity contribution in [1.82, 2.24) is 19.8 Å².